The number of hydrogen-bond donors (Lipinski definition) is 1. The van der Waals surface area contributed by atoms with Gasteiger partial charge < -0.3 is 5.73 Å². The van der Waals surface area contributed by atoms with E-state index in [0.717, 1.165) is 13.0 Å². The van der Waals surface area contributed by atoms with E-state index in [-0.39, 0.29) is 5.41 Å². The van der Waals surface area contributed by atoms with Gasteiger partial charge in [-0.25, -0.2) is 0 Å². The van der Waals surface area contributed by atoms with Gasteiger partial charge in [-0.2, -0.15) is 0 Å². The van der Waals surface area contributed by atoms with Crippen LogP contribution in [0.2, 0.25) is 0 Å². The lowest BCUT2D eigenvalue weighted by molar-refractivity contribution is 0.449. The Morgan fingerprint density at radius 1 is 1.31 bits per heavy atom. The third-order valence-corrected chi connectivity index (χ3v) is 4.47. The molecule has 0 atom stereocenters. The Hall–Kier alpha value is -0.340. The first-order valence-corrected chi connectivity index (χ1v) is 7.00. The predicted octanol–water partition coefficient (Wildman–Crippen LogP) is 3.78. The molecular formula is C14H20BrN. The van der Waals surface area contributed by atoms with Crippen LogP contribution in [0.25, 0.3) is 0 Å². The second kappa shape index (κ2) is 4.89. The molecule has 0 saturated heterocycles. The van der Waals surface area contributed by atoms with Crippen molar-refractivity contribution in [1.82, 2.24) is 0 Å². The van der Waals surface area contributed by atoms with Gasteiger partial charge in [0.25, 0.3) is 0 Å². The maximum absolute atomic E-state index is 6.06. The van der Waals surface area contributed by atoms with Crippen LogP contribution < -0.4 is 5.73 Å². The van der Waals surface area contributed by atoms with Gasteiger partial charge >= 0.3 is 0 Å². The van der Waals surface area contributed by atoms with E-state index in [1.807, 2.05) is 0 Å². The second-order valence-corrected chi connectivity index (χ2v) is 5.76. The van der Waals surface area contributed by atoms with Crippen LogP contribution in [0.15, 0.2) is 22.7 Å². The minimum Gasteiger partial charge on any atom is -0.330 e. The van der Waals surface area contributed by atoms with Gasteiger partial charge in [0.05, 0.1) is 0 Å². The molecule has 1 saturated carbocycles. The van der Waals surface area contributed by atoms with Gasteiger partial charge in [-0.15, -0.1) is 0 Å². The monoisotopic (exact) mass is 281 g/mol. The van der Waals surface area contributed by atoms with Crippen molar-refractivity contribution < 1.29 is 0 Å². The number of hydrogen-bond acceptors (Lipinski definition) is 1. The molecule has 0 aromatic heterocycles. The SMILES string of the molecule is CCc1ccc(Br)cc1C1(CN)CCCC1. The van der Waals surface area contributed by atoms with E-state index in [1.54, 1.807) is 0 Å². The van der Waals surface area contributed by atoms with Crippen LogP contribution in [0.5, 0.6) is 0 Å². The molecule has 1 aliphatic rings. The summed E-state index contributed by atoms with van der Waals surface area (Å²) in [4.78, 5) is 0. The minimum absolute atomic E-state index is 0.259. The zero-order valence-electron chi connectivity index (χ0n) is 9.93. The Morgan fingerprint density at radius 2 is 2.00 bits per heavy atom. The Bertz CT molecular complexity index is 367. The normalized spacial score (nSPS) is 18.9. The number of nitrogens with two attached hydrogens (primary N) is 1. The van der Waals surface area contributed by atoms with Crippen molar-refractivity contribution in [2.24, 2.45) is 5.73 Å². The fraction of sp³-hybridized carbons (Fsp3) is 0.571. The first-order chi connectivity index (χ1) is 7.72. The molecule has 0 radical (unpaired) electrons. The van der Waals surface area contributed by atoms with E-state index < -0.39 is 0 Å². The molecule has 0 aliphatic heterocycles. The first kappa shape index (κ1) is 12.1. The topological polar surface area (TPSA) is 26.0 Å². The van der Waals surface area contributed by atoms with E-state index in [0.29, 0.717) is 0 Å². The third-order valence-electron chi connectivity index (χ3n) is 3.98. The summed E-state index contributed by atoms with van der Waals surface area (Å²) in [6.07, 6.45) is 6.27. The molecule has 1 aromatic carbocycles. The lowest BCUT2D eigenvalue weighted by Gasteiger charge is -2.30. The van der Waals surface area contributed by atoms with E-state index in [9.17, 15) is 0 Å². The molecule has 0 heterocycles. The largest absolute Gasteiger partial charge is 0.330 e. The fourth-order valence-electron chi connectivity index (χ4n) is 2.99. The molecule has 88 valence electrons. The maximum Gasteiger partial charge on any atom is 0.0178 e. The van der Waals surface area contributed by atoms with E-state index in [4.69, 9.17) is 5.73 Å². The minimum atomic E-state index is 0.259. The lowest BCUT2D eigenvalue weighted by Crippen LogP contribution is -2.33. The number of aryl methyl sites for hydroxylation is 1. The Kier molecular flexibility index (Phi) is 3.70. The van der Waals surface area contributed by atoms with Crippen molar-refractivity contribution in [3.63, 3.8) is 0 Å². The molecular weight excluding hydrogens is 262 g/mol. The summed E-state index contributed by atoms with van der Waals surface area (Å²) in [6.45, 7) is 3.02. The molecule has 0 unspecified atom stereocenters. The highest BCUT2D eigenvalue weighted by Gasteiger charge is 2.35. The zero-order valence-corrected chi connectivity index (χ0v) is 11.5. The zero-order chi connectivity index (χ0) is 11.6. The average molecular weight is 282 g/mol. The highest BCUT2D eigenvalue weighted by Crippen LogP contribution is 2.42. The summed E-state index contributed by atoms with van der Waals surface area (Å²) in [6, 6.07) is 6.67. The summed E-state index contributed by atoms with van der Waals surface area (Å²) < 4.78 is 1.18. The van der Waals surface area contributed by atoms with Crippen molar-refractivity contribution in [3.8, 4) is 0 Å². The van der Waals surface area contributed by atoms with Gasteiger partial charge in [0, 0.05) is 16.4 Å². The standard InChI is InChI=1S/C14H20BrN/c1-2-11-5-6-12(15)9-13(11)14(10-16)7-3-4-8-14/h5-6,9H,2-4,7-8,10,16H2,1H3. The quantitative estimate of drug-likeness (QED) is 0.897. The maximum atomic E-state index is 6.06. The number of rotatable bonds is 3. The summed E-state index contributed by atoms with van der Waals surface area (Å²) in [5.74, 6) is 0. The van der Waals surface area contributed by atoms with Crippen molar-refractivity contribution in [3.05, 3.63) is 33.8 Å². The van der Waals surface area contributed by atoms with Gasteiger partial charge in [-0.1, -0.05) is 41.8 Å². The molecule has 1 nitrogen and oxygen atoms in total. The molecule has 2 heteroatoms. The lowest BCUT2D eigenvalue weighted by atomic mass is 9.76. The number of benzene rings is 1. The molecule has 1 aromatic rings. The molecule has 16 heavy (non-hydrogen) atoms. The third kappa shape index (κ3) is 2.05. The van der Waals surface area contributed by atoms with Crippen molar-refractivity contribution >= 4 is 15.9 Å². The van der Waals surface area contributed by atoms with E-state index in [1.165, 1.54) is 41.3 Å². The van der Waals surface area contributed by atoms with Gasteiger partial charge in [0.2, 0.25) is 0 Å². The first-order valence-electron chi connectivity index (χ1n) is 6.21. The van der Waals surface area contributed by atoms with Crippen molar-refractivity contribution in [2.45, 2.75) is 44.4 Å². The number of halogens is 1. The van der Waals surface area contributed by atoms with Crippen LogP contribution in [0.1, 0.15) is 43.7 Å². The molecule has 0 spiro atoms. The molecule has 2 rings (SSSR count). The Morgan fingerprint density at radius 3 is 2.56 bits per heavy atom. The van der Waals surface area contributed by atoms with Crippen LogP contribution >= 0.6 is 15.9 Å². The predicted molar refractivity (Wildman–Crippen MR) is 72.7 cm³/mol. The van der Waals surface area contributed by atoms with Gasteiger partial charge in [-0.3, -0.25) is 0 Å². The van der Waals surface area contributed by atoms with Crippen LogP contribution in [-0.4, -0.2) is 6.54 Å². The Labute approximate surface area is 107 Å². The van der Waals surface area contributed by atoms with Crippen LogP contribution in [0, 0.1) is 0 Å². The van der Waals surface area contributed by atoms with Crippen LogP contribution in [-0.2, 0) is 11.8 Å². The van der Waals surface area contributed by atoms with Crippen molar-refractivity contribution in [2.75, 3.05) is 6.54 Å². The highest BCUT2D eigenvalue weighted by molar-refractivity contribution is 9.10. The molecule has 0 bridgehead atoms. The molecule has 0 amide bonds. The van der Waals surface area contributed by atoms with Gasteiger partial charge in [0.15, 0.2) is 0 Å². The Balaban J connectivity index is 2.47. The average Bonchev–Trinajstić information content (AvgIpc) is 2.78. The summed E-state index contributed by atoms with van der Waals surface area (Å²) in [5.41, 5.74) is 9.28. The smallest absolute Gasteiger partial charge is 0.0178 e. The van der Waals surface area contributed by atoms with Gasteiger partial charge in [-0.05, 0) is 42.5 Å². The fourth-order valence-corrected chi connectivity index (χ4v) is 3.35. The van der Waals surface area contributed by atoms with E-state index in [2.05, 4.69) is 41.1 Å². The van der Waals surface area contributed by atoms with E-state index >= 15 is 0 Å². The van der Waals surface area contributed by atoms with Gasteiger partial charge in [0.1, 0.15) is 0 Å². The summed E-state index contributed by atoms with van der Waals surface area (Å²) in [7, 11) is 0. The molecule has 1 aliphatic carbocycles. The van der Waals surface area contributed by atoms with Crippen LogP contribution in [0.3, 0.4) is 0 Å². The molecule has 1 fully saturated rings. The van der Waals surface area contributed by atoms with Crippen molar-refractivity contribution in [1.29, 1.82) is 0 Å². The summed E-state index contributed by atoms with van der Waals surface area (Å²) in [5, 5.41) is 0. The molecule has 2 N–H and O–H groups in total. The summed E-state index contributed by atoms with van der Waals surface area (Å²) >= 11 is 3.59. The second-order valence-electron chi connectivity index (χ2n) is 4.85. The van der Waals surface area contributed by atoms with Crippen LogP contribution in [0.4, 0.5) is 0 Å². The highest BCUT2D eigenvalue weighted by atomic mass is 79.9.